The summed E-state index contributed by atoms with van der Waals surface area (Å²) in [6, 6.07) is 19.7. The molecule has 0 bridgehead atoms. The third-order valence-electron chi connectivity index (χ3n) is 5.83. The standard InChI is InChI=1S/C26H36N6.HI/c1-21(31(4)19-23-9-6-5-7-10-23)13-14-29-26(27-3)30-18-24-11-8-12-25(17-24)20-32-16-15-28-22(32)2;/h5-12,15-17,21H,13-14,18-20H2,1-4H3,(H2,27,29,30);1H. The molecule has 0 fully saturated rings. The van der Waals surface area contributed by atoms with Gasteiger partial charge >= 0.3 is 0 Å². The first-order valence-corrected chi connectivity index (χ1v) is 11.3. The second kappa shape index (κ2) is 14.0. The van der Waals surface area contributed by atoms with Crippen LogP contribution in [0.3, 0.4) is 0 Å². The molecule has 2 aromatic carbocycles. The molecule has 1 aromatic heterocycles. The minimum atomic E-state index is 0. The van der Waals surface area contributed by atoms with Gasteiger partial charge in [0.25, 0.3) is 0 Å². The lowest BCUT2D eigenvalue weighted by molar-refractivity contribution is 0.238. The van der Waals surface area contributed by atoms with Gasteiger partial charge in [0.05, 0.1) is 0 Å². The van der Waals surface area contributed by atoms with Gasteiger partial charge in [-0.3, -0.25) is 9.89 Å². The summed E-state index contributed by atoms with van der Waals surface area (Å²) < 4.78 is 2.16. The van der Waals surface area contributed by atoms with Crippen molar-refractivity contribution in [1.29, 1.82) is 0 Å². The number of halogens is 1. The monoisotopic (exact) mass is 560 g/mol. The van der Waals surface area contributed by atoms with Gasteiger partial charge in [0.2, 0.25) is 0 Å². The van der Waals surface area contributed by atoms with E-state index in [1.807, 2.05) is 26.4 Å². The molecule has 2 N–H and O–H groups in total. The van der Waals surface area contributed by atoms with Crippen molar-refractivity contribution in [3.63, 3.8) is 0 Å². The minimum Gasteiger partial charge on any atom is -0.356 e. The van der Waals surface area contributed by atoms with Crippen molar-refractivity contribution in [3.8, 4) is 0 Å². The fourth-order valence-corrected chi connectivity index (χ4v) is 3.66. The first kappa shape index (κ1) is 26.9. The Balaban J connectivity index is 0.00000385. The van der Waals surface area contributed by atoms with Crippen molar-refractivity contribution in [2.75, 3.05) is 20.6 Å². The van der Waals surface area contributed by atoms with E-state index < -0.39 is 0 Å². The van der Waals surface area contributed by atoms with E-state index in [0.717, 1.165) is 44.4 Å². The van der Waals surface area contributed by atoms with Crippen LogP contribution in [0.1, 0.15) is 35.9 Å². The number of hydrogen-bond donors (Lipinski definition) is 2. The third kappa shape index (κ3) is 8.81. The molecular formula is C26H37IN6. The number of hydrogen-bond acceptors (Lipinski definition) is 3. The van der Waals surface area contributed by atoms with E-state index in [0.29, 0.717) is 6.04 Å². The van der Waals surface area contributed by atoms with Gasteiger partial charge in [-0.25, -0.2) is 4.98 Å². The first-order chi connectivity index (χ1) is 15.5. The maximum atomic E-state index is 4.38. The Morgan fingerprint density at radius 1 is 1.06 bits per heavy atom. The molecule has 0 radical (unpaired) electrons. The van der Waals surface area contributed by atoms with E-state index in [9.17, 15) is 0 Å². The van der Waals surface area contributed by atoms with E-state index >= 15 is 0 Å². The number of nitrogens with one attached hydrogen (secondary N) is 2. The summed E-state index contributed by atoms with van der Waals surface area (Å²) in [5, 5.41) is 6.88. The van der Waals surface area contributed by atoms with Crippen molar-refractivity contribution in [2.45, 2.75) is 45.9 Å². The molecule has 0 spiro atoms. The van der Waals surface area contributed by atoms with Crippen molar-refractivity contribution in [1.82, 2.24) is 25.1 Å². The van der Waals surface area contributed by atoms with Crippen LogP contribution in [0.2, 0.25) is 0 Å². The average molecular weight is 561 g/mol. The fourth-order valence-electron chi connectivity index (χ4n) is 3.66. The Morgan fingerprint density at radius 3 is 2.48 bits per heavy atom. The Kier molecular flexibility index (Phi) is 11.4. The molecule has 33 heavy (non-hydrogen) atoms. The van der Waals surface area contributed by atoms with Crippen LogP contribution in [0.4, 0.5) is 0 Å². The van der Waals surface area contributed by atoms with Crippen molar-refractivity contribution < 1.29 is 0 Å². The molecule has 0 aliphatic carbocycles. The van der Waals surface area contributed by atoms with Gasteiger partial charge in [-0.1, -0.05) is 54.6 Å². The molecule has 0 amide bonds. The summed E-state index contributed by atoms with van der Waals surface area (Å²) in [7, 11) is 4.00. The quantitative estimate of drug-likeness (QED) is 0.219. The van der Waals surface area contributed by atoms with Gasteiger partial charge in [0, 0.05) is 51.7 Å². The summed E-state index contributed by atoms with van der Waals surface area (Å²) in [6.45, 7) is 7.71. The highest BCUT2D eigenvalue weighted by Crippen LogP contribution is 2.09. The number of guanidine groups is 1. The van der Waals surface area contributed by atoms with Gasteiger partial charge < -0.3 is 15.2 Å². The van der Waals surface area contributed by atoms with Crippen LogP contribution >= 0.6 is 24.0 Å². The maximum absolute atomic E-state index is 4.38. The van der Waals surface area contributed by atoms with Crippen LogP contribution in [0.25, 0.3) is 0 Å². The molecule has 0 saturated carbocycles. The van der Waals surface area contributed by atoms with Crippen LogP contribution in [-0.2, 0) is 19.6 Å². The second-order valence-electron chi connectivity index (χ2n) is 8.31. The smallest absolute Gasteiger partial charge is 0.191 e. The minimum absolute atomic E-state index is 0. The molecule has 7 heteroatoms. The number of aryl methyl sites for hydroxylation is 1. The molecule has 0 saturated heterocycles. The summed E-state index contributed by atoms with van der Waals surface area (Å²) in [4.78, 5) is 11.1. The molecule has 1 atom stereocenters. The average Bonchev–Trinajstić information content (AvgIpc) is 3.21. The predicted octanol–water partition coefficient (Wildman–Crippen LogP) is 4.43. The molecule has 1 unspecified atom stereocenters. The van der Waals surface area contributed by atoms with E-state index in [2.05, 4.69) is 98.6 Å². The van der Waals surface area contributed by atoms with Crippen LogP contribution in [0.15, 0.2) is 72.0 Å². The fraction of sp³-hybridized carbons (Fsp3) is 0.385. The van der Waals surface area contributed by atoms with E-state index in [1.54, 1.807) is 0 Å². The van der Waals surface area contributed by atoms with Gasteiger partial charge in [-0.15, -0.1) is 24.0 Å². The summed E-state index contributed by atoms with van der Waals surface area (Å²) in [5.41, 5.74) is 3.85. The number of aliphatic imine (C=N–C) groups is 1. The number of nitrogens with zero attached hydrogens (tertiary/aromatic N) is 4. The van der Waals surface area contributed by atoms with Gasteiger partial charge in [-0.05, 0) is 44.0 Å². The zero-order valence-electron chi connectivity index (χ0n) is 20.2. The number of benzene rings is 2. The Bertz CT molecular complexity index is 985. The summed E-state index contributed by atoms with van der Waals surface area (Å²) in [5.74, 6) is 1.86. The molecule has 0 aliphatic rings. The predicted molar refractivity (Wildman–Crippen MR) is 148 cm³/mol. The molecule has 178 valence electrons. The van der Waals surface area contributed by atoms with Crippen molar-refractivity contribution >= 4 is 29.9 Å². The van der Waals surface area contributed by atoms with Crippen molar-refractivity contribution in [3.05, 3.63) is 89.5 Å². The molecule has 6 nitrogen and oxygen atoms in total. The highest BCUT2D eigenvalue weighted by atomic mass is 127. The Labute approximate surface area is 215 Å². The van der Waals surface area contributed by atoms with Gasteiger partial charge in [-0.2, -0.15) is 0 Å². The van der Waals surface area contributed by atoms with Crippen LogP contribution in [-0.4, -0.2) is 47.1 Å². The summed E-state index contributed by atoms with van der Waals surface area (Å²) in [6.07, 6.45) is 4.91. The van der Waals surface area contributed by atoms with Crippen LogP contribution < -0.4 is 10.6 Å². The van der Waals surface area contributed by atoms with E-state index in [1.165, 1.54) is 16.7 Å². The topological polar surface area (TPSA) is 57.5 Å². The van der Waals surface area contributed by atoms with Gasteiger partial charge in [0.15, 0.2) is 5.96 Å². The molecule has 3 rings (SSSR count). The molecule has 3 aromatic rings. The van der Waals surface area contributed by atoms with Gasteiger partial charge in [0.1, 0.15) is 5.82 Å². The molecular weight excluding hydrogens is 523 g/mol. The highest BCUT2D eigenvalue weighted by molar-refractivity contribution is 14.0. The van der Waals surface area contributed by atoms with Crippen LogP contribution in [0.5, 0.6) is 0 Å². The summed E-state index contributed by atoms with van der Waals surface area (Å²) >= 11 is 0. The lowest BCUT2D eigenvalue weighted by Crippen LogP contribution is -2.39. The molecule has 0 aliphatic heterocycles. The zero-order chi connectivity index (χ0) is 22.8. The normalized spacial score (nSPS) is 12.3. The SMILES string of the molecule is CN=C(NCCC(C)N(C)Cc1ccccc1)NCc1cccc(Cn2ccnc2C)c1.I. The van der Waals surface area contributed by atoms with Crippen molar-refractivity contribution in [2.24, 2.45) is 4.99 Å². The molecule has 1 heterocycles. The number of imidazole rings is 1. The highest BCUT2D eigenvalue weighted by Gasteiger charge is 2.10. The maximum Gasteiger partial charge on any atom is 0.191 e. The lowest BCUT2D eigenvalue weighted by atomic mass is 10.1. The zero-order valence-corrected chi connectivity index (χ0v) is 22.5. The Hall–Kier alpha value is -2.39. The Morgan fingerprint density at radius 2 is 1.79 bits per heavy atom. The third-order valence-corrected chi connectivity index (χ3v) is 5.83. The number of rotatable bonds is 10. The first-order valence-electron chi connectivity index (χ1n) is 11.3. The largest absolute Gasteiger partial charge is 0.356 e. The second-order valence-corrected chi connectivity index (χ2v) is 8.31. The number of aromatic nitrogens is 2. The van der Waals surface area contributed by atoms with E-state index in [-0.39, 0.29) is 24.0 Å². The van der Waals surface area contributed by atoms with Crippen LogP contribution in [0, 0.1) is 6.92 Å². The lowest BCUT2D eigenvalue weighted by Gasteiger charge is -2.25. The van der Waals surface area contributed by atoms with E-state index in [4.69, 9.17) is 0 Å².